The van der Waals surface area contributed by atoms with E-state index in [1.165, 1.54) is 0 Å². The predicted molar refractivity (Wildman–Crippen MR) is 94.7 cm³/mol. The summed E-state index contributed by atoms with van der Waals surface area (Å²) in [5.74, 6) is -0.0945. The molecule has 3 aromatic rings. The first-order valence-corrected chi connectivity index (χ1v) is 7.73. The third-order valence-corrected chi connectivity index (χ3v) is 4.12. The van der Waals surface area contributed by atoms with E-state index in [1.807, 2.05) is 38.1 Å². The number of para-hydroxylation sites is 1. The molecule has 4 nitrogen and oxygen atoms in total. The van der Waals surface area contributed by atoms with E-state index >= 15 is 0 Å². The maximum atomic E-state index is 12.4. The van der Waals surface area contributed by atoms with Crippen LogP contribution in [0.15, 0.2) is 48.5 Å². The summed E-state index contributed by atoms with van der Waals surface area (Å²) in [5.41, 5.74) is 5.12. The largest absolute Gasteiger partial charge is 0.326 e. The van der Waals surface area contributed by atoms with Crippen LogP contribution in [0.1, 0.15) is 22.4 Å². The van der Waals surface area contributed by atoms with Crippen LogP contribution in [-0.4, -0.2) is 10.9 Å². The van der Waals surface area contributed by atoms with E-state index in [0.717, 1.165) is 27.7 Å². The lowest BCUT2D eigenvalue weighted by atomic mass is 9.99. The molecule has 0 fully saturated rings. The highest BCUT2D eigenvalue weighted by molar-refractivity contribution is 5.94. The van der Waals surface area contributed by atoms with E-state index < -0.39 is 0 Å². The van der Waals surface area contributed by atoms with Gasteiger partial charge in [-0.15, -0.1) is 0 Å². The summed E-state index contributed by atoms with van der Waals surface area (Å²) in [6, 6.07) is 16.8. The summed E-state index contributed by atoms with van der Waals surface area (Å²) in [5, 5.41) is 12.8. The molecular weight excluding hydrogens is 298 g/mol. The fraction of sp³-hybridized carbons (Fsp3) is 0.150. The predicted octanol–water partition coefficient (Wildman–Crippen LogP) is 3.90. The number of rotatable bonds is 3. The number of fused-ring (bicyclic) bond motifs is 1. The van der Waals surface area contributed by atoms with Gasteiger partial charge >= 0.3 is 0 Å². The average Bonchev–Trinajstić information content (AvgIpc) is 2.59. The summed E-state index contributed by atoms with van der Waals surface area (Å²) in [6.45, 7) is 3.96. The zero-order valence-corrected chi connectivity index (χ0v) is 13.6. The number of nitrogens with zero attached hydrogens (tertiary/aromatic N) is 2. The van der Waals surface area contributed by atoms with Crippen LogP contribution in [-0.2, 0) is 11.2 Å². The molecule has 0 aliphatic carbocycles. The normalized spacial score (nSPS) is 10.4. The van der Waals surface area contributed by atoms with Crippen molar-refractivity contribution in [3.63, 3.8) is 0 Å². The lowest BCUT2D eigenvalue weighted by Crippen LogP contribution is -2.16. The molecule has 4 heteroatoms. The number of anilines is 1. The van der Waals surface area contributed by atoms with Crippen molar-refractivity contribution >= 4 is 22.5 Å². The van der Waals surface area contributed by atoms with E-state index in [2.05, 4.69) is 16.4 Å². The summed E-state index contributed by atoms with van der Waals surface area (Å²) >= 11 is 0. The number of hydrogen-bond donors (Lipinski definition) is 1. The van der Waals surface area contributed by atoms with Crippen LogP contribution in [0.2, 0.25) is 0 Å². The van der Waals surface area contributed by atoms with Gasteiger partial charge in [0.2, 0.25) is 5.91 Å². The van der Waals surface area contributed by atoms with Crippen molar-refractivity contribution in [2.75, 3.05) is 5.32 Å². The Hall–Kier alpha value is -3.19. The molecule has 2 aromatic carbocycles. The highest BCUT2D eigenvalue weighted by Gasteiger charge is 2.13. The number of amides is 1. The molecule has 1 heterocycles. The van der Waals surface area contributed by atoms with Crippen LogP contribution in [0.4, 0.5) is 5.69 Å². The number of aromatic nitrogens is 1. The minimum absolute atomic E-state index is 0.0945. The van der Waals surface area contributed by atoms with Crippen molar-refractivity contribution in [3.05, 3.63) is 70.9 Å². The molecule has 1 amide bonds. The van der Waals surface area contributed by atoms with E-state index in [1.54, 1.807) is 24.3 Å². The molecule has 0 bridgehead atoms. The molecule has 0 aliphatic heterocycles. The Morgan fingerprint density at radius 1 is 1.12 bits per heavy atom. The SMILES string of the molecule is Cc1nc2ccccc2c(C)c1CC(=O)Nc1ccc(C#N)cc1. The van der Waals surface area contributed by atoms with Crippen molar-refractivity contribution in [3.8, 4) is 6.07 Å². The number of nitrogens with one attached hydrogen (secondary N) is 1. The highest BCUT2D eigenvalue weighted by atomic mass is 16.1. The summed E-state index contributed by atoms with van der Waals surface area (Å²) < 4.78 is 0. The first kappa shape index (κ1) is 15.7. The molecular formula is C20H17N3O. The van der Waals surface area contributed by atoms with Crippen molar-refractivity contribution < 1.29 is 4.79 Å². The van der Waals surface area contributed by atoms with Crippen molar-refractivity contribution in [2.45, 2.75) is 20.3 Å². The van der Waals surface area contributed by atoms with Gasteiger partial charge in [0.15, 0.2) is 0 Å². The van der Waals surface area contributed by atoms with Gasteiger partial charge in [-0.25, -0.2) is 0 Å². The molecule has 1 aromatic heterocycles. The van der Waals surface area contributed by atoms with Gasteiger partial charge in [0.1, 0.15) is 0 Å². The fourth-order valence-electron chi connectivity index (χ4n) is 2.82. The van der Waals surface area contributed by atoms with E-state index in [9.17, 15) is 4.79 Å². The number of carbonyl (C=O) groups is 1. The first-order chi connectivity index (χ1) is 11.6. The van der Waals surface area contributed by atoms with Gasteiger partial charge in [0.05, 0.1) is 23.6 Å². The molecule has 1 N–H and O–H groups in total. The van der Waals surface area contributed by atoms with Gasteiger partial charge in [-0.1, -0.05) is 18.2 Å². The Morgan fingerprint density at radius 2 is 1.83 bits per heavy atom. The fourth-order valence-corrected chi connectivity index (χ4v) is 2.82. The molecule has 0 saturated carbocycles. The maximum absolute atomic E-state index is 12.4. The van der Waals surface area contributed by atoms with E-state index in [-0.39, 0.29) is 12.3 Å². The second-order valence-electron chi connectivity index (χ2n) is 5.73. The Morgan fingerprint density at radius 3 is 2.54 bits per heavy atom. The summed E-state index contributed by atoms with van der Waals surface area (Å²) in [4.78, 5) is 17.0. The standard InChI is InChI=1S/C20H17N3O/c1-13-17-5-3-4-6-19(17)22-14(2)18(13)11-20(24)23-16-9-7-15(12-21)8-10-16/h3-10H,11H2,1-2H3,(H,23,24). The minimum Gasteiger partial charge on any atom is -0.326 e. The number of carbonyl (C=O) groups excluding carboxylic acids is 1. The smallest absolute Gasteiger partial charge is 0.228 e. The number of pyridine rings is 1. The number of benzene rings is 2. The third kappa shape index (κ3) is 3.11. The van der Waals surface area contributed by atoms with Crippen LogP contribution in [0.25, 0.3) is 10.9 Å². The Kier molecular flexibility index (Phi) is 4.26. The summed E-state index contributed by atoms with van der Waals surface area (Å²) in [6.07, 6.45) is 0.273. The van der Waals surface area contributed by atoms with Gasteiger partial charge in [0.25, 0.3) is 0 Å². The molecule has 118 valence electrons. The maximum Gasteiger partial charge on any atom is 0.228 e. The quantitative estimate of drug-likeness (QED) is 0.797. The van der Waals surface area contributed by atoms with Crippen molar-refractivity contribution in [2.24, 2.45) is 0 Å². The Bertz CT molecular complexity index is 953. The van der Waals surface area contributed by atoms with E-state index in [4.69, 9.17) is 5.26 Å². The lowest BCUT2D eigenvalue weighted by molar-refractivity contribution is -0.115. The van der Waals surface area contributed by atoms with Gasteiger partial charge < -0.3 is 5.32 Å². The molecule has 0 spiro atoms. The van der Waals surface area contributed by atoms with Crippen LogP contribution >= 0.6 is 0 Å². The number of nitriles is 1. The monoisotopic (exact) mass is 315 g/mol. The molecule has 24 heavy (non-hydrogen) atoms. The number of hydrogen-bond acceptors (Lipinski definition) is 3. The second-order valence-corrected chi connectivity index (χ2v) is 5.73. The Labute approximate surface area is 140 Å². The van der Waals surface area contributed by atoms with Gasteiger partial charge in [-0.2, -0.15) is 5.26 Å². The van der Waals surface area contributed by atoms with Gasteiger partial charge in [-0.3, -0.25) is 9.78 Å². The average molecular weight is 315 g/mol. The van der Waals surface area contributed by atoms with Crippen LogP contribution < -0.4 is 5.32 Å². The van der Waals surface area contributed by atoms with Crippen molar-refractivity contribution in [1.82, 2.24) is 4.98 Å². The highest BCUT2D eigenvalue weighted by Crippen LogP contribution is 2.23. The van der Waals surface area contributed by atoms with Crippen LogP contribution in [0.3, 0.4) is 0 Å². The van der Waals surface area contributed by atoms with Gasteiger partial charge in [-0.05, 0) is 55.3 Å². The van der Waals surface area contributed by atoms with Crippen LogP contribution in [0, 0.1) is 25.2 Å². The zero-order chi connectivity index (χ0) is 17.1. The molecule has 0 saturated heterocycles. The lowest BCUT2D eigenvalue weighted by Gasteiger charge is -2.12. The van der Waals surface area contributed by atoms with E-state index in [0.29, 0.717) is 11.3 Å². The molecule has 0 aliphatic rings. The second kappa shape index (κ2) is 6.51. The number of aryl methyl sites for hydroxylation is 2. The van der Waals surface area contributed by atoms with Crippen LogP contribution in [0.5, 0.6) is 0 Å². The zero-order valence-electron chi connectivity index (χ0n) is 13.6. The topological polar surface area (TPSA) is 65.8 Å². The van der Waals surface area contributed by atoms with Gasteiger partial charge in [0, 0.05) is 16.8 Å². The van der Waals surface area contributed by atoms with Crippen molar-refractivity contribution in [1.29, 1.82) is 5.26 Å². The summed E-state index contributed by atoms with van der Waals surface area (Å²) in [7, 11) is 0. The molecule has 0 unspecified atom stereocenters. The molecule has 0 radical (unpaired) electrons. The first-order valence-electron chi connectivity index (χ1n) is 7.73. The minimum atomic E-state index is -0.0945. The third-order valence-electron chi connectivity index (χ3n) is 4.12. The Balaban J connectivity index is 1.83. The molecule has 3 rings (SSSR count). The molecule has 0 atom stereocenters.